The molecule has 18 heavy (non-hydrogen) atoms. The van der Waals surface area contributed by atoms with Crippen LogP contribution < -0.4 is 5.32 Å². The lowest BCUT2D eigenvalue weighted by Crippen LogP contribution is -2.54. The van der Waals surface area contributed by atoms with Crippen molar-refractivity contribution in [3.8, 4) is 0 Å². The highest BCUT2D eigenvalue weighted by atomic mass is 15.3. The van der Waals surface area contributed by atoms with E-state index in [1.54, 1.807) is 0 Å². The average molecular weight is 255 g/mol. The van der Waals surface area contributed by atoms with Crippen molar-refractivity contribution in [1.82, 2.24) is 15.1 Å². The minimum absolute atomic E-state index is 0.693. The lowest BCUT2D eigenvalue weighted by molar-refractivity contribution is 0.0858. The van der Waals surface area contributed by atoms with Gasteiger partial charge in [0.25, 0.3) is 0 Å². The summed E-state index contributed by atoms with van der Waals surface area (Å²) in [5.74, 6) is 0.732. The fourth-order valence-electron chi connectivity index (χ4n) is 2.80. The molecule has 0 bridgehead atoms. The molecule has 0 spiro atoms. The van der Waals surface area contributed by atoms with E-state index in [1.807, 2.05) is 0 Å². The topological polar surface area (TPSA) is 18.5 Å². The standard InChI is InChI=1S/C15H33N3/c1-6-14(7-2)16-12-15(13(3)4)18-10-8-17(5)9-11-18/h13-16H,6-12H2,1-5H3. The van der Waals surface area contributed by atoms with Gasteiger partial charge in [0.15, 0.2) is 0 Å². The second-order valence-corrected chi connectivity index (χ2v) is 6.07. The highest BCUT2D eigenvalue weighted by molar-refractivity contribution is 4.82. The van der Waals surface area contributed by atoms with Gasteiger partial charge in [-0.15, -0.1) is 0 Å². The molecule has 1 rings (SSSR count). The maximum atomic E-state index is 3.75. The number of likely N-dealkylation sites (N-methyl/N-ethyl adjacent to an activating group) is 1. The molecular weight excluding hydrogens is 222 g/mol. The second kappa shape index (κ2) is 8.13. The van der Waals surface area contributed by atoms with Crippen LogP contribution in [0.15, 0.2) is 0 Å². The third kappa shape index (κ3) is 4.87. The number of hydrogen-bond donors (Lipinski definition) is 1. The summed E-state index contributed by atoms with van der Waals surface area (Å²) in [6.45, 7) is 15.3. The molecule has 0 radical (unpaired) electrons. The molecule has 108 valence electrons. The van der Waals surface area contributed by atoms with Crippen LogP contribution in [0.3, 0.4) is 0 Å². The SMILES string of the molecule is CCC(CC)NCC(C(C)C)N1CCN(C)CC1. The monoisotopic (exact) mass is 255 g/mol. The van der Waals surface area contributed by atoms with Crippen LogP contribution in [0.2, 0.25) is 0 Å². The van der Waals surface area contributed by atoms with Crippen molar-refractivity contribution in [2.45, 2.75) is 52.6 Å². The van der Waals surface area contributed by atoms with Crippen LogP contribution in [0.4, 0.5) is 0 Å². The van der Waals surface area contributed by atoms with E-state index >= 15 is 0 Å². The van der Waals surface area contributed by atoms with E-state index in [1.165, 1.54) is 39.0 Å². The Labute approximate surface area is 114 Å². The molecule has 0 aromatic heterocycles. The average Bonchev–Trinajstić information content (AvgIpc) is 2.36. The predicted octanol–water partition coefficient (Wildman–Crippen LogP) is 2.04. The minimum Gasteiger partial charge on any atom is -0.312 e. The van der Waals surface area contributed by atoms with Crippen molar-refractivity contribution in [2.24, 2.45) is 5.92 Å². The Balaban J connectivity index is 2.44. The normalized spacial score (nSPS) is 20.8. The highest BCUT2D eigenvalue weighted by Crippen LogP contribution is 2.13. The Morgan fingerprint density at radius 2 is 1.56 bits per heavy atom. The zero-order valence-corrected chi connectivity index (χ0v) is 13.1. The molecule has 1 atom stereocenters. The lowest BCUT2D eigenvalue weighted by Gasteiger charge is -2.40. The van der Waals surface area contributed by atoms with E-state index in [0.717, 1.165) is 12.5 Å². The molecule has 1 aliphatic heterocycles. The van der Waals surface area contributed by atoms with Crippen LogP contribution in [0.1, 0.15) is 40.5 Å². The molecule has 0 aromatic carbocycles. The molecular formula is C15H33N3. The zero-order valence-electron chi connectivity index (χ0n) is 13.1. The third-order valence-electron chi connectivity index (χ3n) is 4.38. The fourth-order valence-corrected chi connectivity index (χ4v) is 2.80. The molecule has 1 fully saturated rings. The minimum atomic E-state index is 0.693. The first-order valence-electron chi connectivity index (χ1n) is 7.74. The second-order valence-electron chi connectivity index (χ2n) is 6.07. The van der Waals surface area contributed by atoms with Gasteiger partial charge in [0, 0.05) is 44.8 Å². The van der Waals surface area contributed by atoms with Gasteiger partial charge in [-0.1, -0.05) is 27.7 Å². The number of hydrogen-bond acceptors (Lipinski definition) is 3. The number of nitrogens with zero attached hydrogens (tertiary/aromatic N) is 2. The van der Waals surface area contributed by atoms with Crippen LogP contribution in [-0.2, 0) is 0 Å². The van der Waals surface area contributed by atoms with E-state index in [2.05, 4.69) is 49.9 Å². The lowest BCUT2D eigenvalue weighted by atomic mass is 10.0. The Hall–Kier alpha value is -0.120. The highest BCUT2D eigenvalue weighted by Gasteiger charge is 2.25. The molecule has 3 heteroatoms. The van der Waals surface area contributed by atoms with Crippen molar-refractivity contribution >= 4 is 0 Å². The summed E-state index contributed by atoms with van der Waals surface area (Å²) in [4.78, 5) is 5.11. The molecule has 0 aliphatic carbocycles. The summed E-state index contributed by atoms with van der Waals surface area (Å²) in [6.07, 6.45) is 2.48. The fraction of sp³-hybridized carbons (Fsp3) is 1.00. The van der Waals surface area contributed by atoms with Crippen molar-refractivity contribution in [3.63, 3.8) is 0 Å². The number of rotatable bonds is 7. The van der Waals surface area contributed by atoms with E-state index in [4.69, 9.17) is 0 Å². The van der Waals surface area contributed by atoms with E-state index < -0.39 is 0 Å². The summed E-state index contributed by atoms with van der Waals surface area (Å²) < 4.78 is 0. The maximum absolute atomic E-state index is 3.75. The van der Waals surface area contributed by atoms with Gasteiger partial charge in [0.1, 0.15) is 0 Å². The Morgan fingerprint density at radius 1 is 1.00 bits per heavy atom. The molecule has 0 saturated carbocycles. The largest absolute Gasteiger partial charge is 0.312 e. The van der Waals surface area contributed by atoms with E-state index in [9.17, 15) is 0 Å². The molecule has 3 nitrogen and oxygen atoms in total. The first-order chi connectivity index (χ1) is 8.58. The van der Waals surface area contributed by atoms with Crippen molar-refractivity contribution in [2.75, 3.05) is 39.8 Å². The quantitative estimate of drug-likeness (QED) is 0.751. The first kappa shape index (κ1) is 15.9. The number of piperazine rings is 1. The van der Waals surface area contributed by atoms with E-state index in [-0.39, 0.29) is 0 Å². The van der Waals surface area contributed by atoms with Crippen molar-refractivity contribution in [3.05, 3.63) is 0 Å². The Kier molecular flexibility index (Phi) is 7.20. The summed E-state index contributed by atoms with van der Waals surface area (Å²) in [5.41, 5.74) is 0. The Morgan fingerprint density at radius 3 is 2.00 bits per heavy atom. The third-order valence-corrected chi connectivity index (χ3v) is 4.38. The van der Waals surface area contributed by atoms with Gasteiger partial charge in [-0.25, -0.2) is 0 Å². The van der Waals surface area contributed by atoms with Crippen molar-refractivity contribution < 1.29 is 0 Å². The van der Waals surface area contributed by atoms with E-state index in [0.29, 0.717) is 12.1 Å². The summed E-state index contributed by atoms with van der Waals surface area (Å²) >= 11 is 0. The molecule has 0 amide bonds. The van der Waals surface area contributed by atoms with Crippen LogP contribution in [-0.4, -0.2) is 61.7 Å². The first-order valence-corrected chi connectivity index (χ1v) is 7.74. The van der Waals surface area contributed by atoms with Gasteiger partial charge in [-0.05, 0) is 25.8 Å². The number of nitrogens with one attached hydrogen (secondary N) is 1. The smallest absolute Gasteiger partial charge is 0.0244 e. The van der Waals surface area contributed by atoms with Crippen LogP contribution in [0, 0.1) is 5.92 Å². The predicted molar refractivity (Wildman–Crippen MR) is 80.1 cm³/mol. The molecule has 1 unspecified atom stereocenters. The molecule has 1 heterocycles. The van der Waals surface area contributed by atoms with Gasteiger partial charge >= 0.3 is 0 Å². The van der Waals surface area contributed by atoms with Crippen molar-refractivity contribution in [1.29, 1.82) is 0 Å². The maximum Gasteiger partial charge on any atom is 0.0244 e. The van der Waals surface area contributed by atoms with Gasteiger partial charge in [0.2, 0.25) is 0 Å². The van der Waals surface area contributed by atoms with Gasteiger partial charge in [0.05, 0.1) is 0 Å². The summed E-state index contributed by atoms with van der Waals surface area (Å²) in [6, 6.07) is 1.39. The zero-order chi connectivity index (χ0) is 13.5. The van der Waals surface area contributed by atoms with Gasteiger partial charge < -0.3 is 10.2 Å². The van der Waals surface area contributed by atoms with Crippen LogP contribution in [0.25, 0.3) is 0 Å². The summed E-state index contributed by atoms with van der Waals surface area (Å²) in [5, 5.41) is 3.75. The molecule has 1 aliphatic rings. The molecule has 1 saturated heterocycles. The molecule has 0 aromatic rings. The van der Waals surface area contributed by atoms with Crippen LogP contribution in [0.5, 0.6) is 0 Å². The van der Waals surface area contributed by atoms with Crippen LogP contribution >= 0.6 is 0 Å². The summed E-state index contributed by atoms with van der Waals surface area (Å²) in [7, 11) is 2.23. The van der Waals surface area contributed by atoms with Gasteiger partial charge in [-0.3, -0.25) is 4.90 Å². The molecule has 1 N–H and O–H groups in total. The Bertz CT molecular complexity index is 206. The van der Waals surface area contributed by atoms with Gasteiger partial charge in [-0.2, -0.15) is 0 Å².